The van der Waals surface area contributed by atoms with Crippen LogP contribution in [0.2, 0.25) is 0 Å². The Bertz CT molecular complexity index is 1160. The van der Waals surface area contributed by atoms with E-state index in [1.807, 2.05) is 42.5 Å². The molecule has 0 fully saturated rings. The van der Waals surface area contributed by atoms with Crippen LogP contribution in [0.3, 0.4) is 0 Å². The highest BCUT2D eigenvalue weighted by molar-refractivity contribution is 7.90. The van der Waals surface area contributed by atoms with Gasteiger partial charge in [0.25, 0.3) is 10.0 Å². The Balaban J connectivity index is 1.46. The minimum absolute atomic E-state index is 0.132. The summed E-state index contributed by atoms with van der Waals surface area (Å²) in [6.07, 6.45) is 0. The van der Waals surface area contributed by atoms with Crippen molar-refractivity contribution in [2.45, 2.75) is 11.5 Å². The Kier molecular flexibility index (Phi) is 4.37. The number of nitrogens with one attached hydrogen (secondary N) is 1. The van der Waals surface area contributed by atoms with Gasteiger partial charge in [0, 0.05) is 5.56 Å². The van der Waals surface area contributed by atoms with Gasteiger partial charge < -0.3 is 4.74 Å². The second-order valence-electron chi connectivity index (χ2n) is 6.07. The number of carbonyl (C=O) groups excluding carboxylic acids is 1. The maximum Gasteiger partial charge on any atom is 0.328 e. The molecular weight excluding hydrogens is 364 g/mol. The molecule has 1 aliphatic heterocycles. The van der Waals surface area contributed by atoms with Crippen molar-refractivity contribution in [3.63, 3.8) is 0 Å². The van der Waals surface area contributed by atoms with Gasteiger partial charge >= 0.3 is 5.97 Å². The van der Waals surface area contributed by atoms with Crippen molar-refractivity contribution < 1.29 is 17.9 Å². The molecule has 0 aliphatic carbocycles. The smallest absolute Gasteiger partial charge is 0.328 e. The number of amidine groups is 1. The third-order valence-corrected chi connectivity index (χ3v) is 5.69. The van der Waals surface area contributed by atoms with E-state index in [1.54, 1.807) is 18.2 Å². The fourth-order valence-corrected chi connectivity index (χ4v) is 4.27. The number of sulfonamides is 1. The van der Waals surface area contributed by atoms with Crippen LogP contribution >= 0.6 is 0 Å². The molecule has 4 rings (SSSR count). The molecule has 1 N–H and O–H groups in total. The minimum Gasteiger partial charge on any atom is -0.459 e. The van der Waals surface area contributed by atoms with Crippen LogP contribution in [0.4, 0.5) is 0 Å². The Morgan fingerprint density at radius 3 is 2.59 bits per heavy atom. The van der Waals surface area contributed by atoms with Crippen LogP contribution in [-0.2, 0) is 26.2 Å². The van der Waals surface area contributed by atoms with Crippen LogP contribution in [0.5, 0.6) is 0 Å². The summed E-state index contributed by atoms with van der Waals surface area (Å²) in [7, 11) is -3.62. The van der Waals surface area contributed by atoms with Gasteiger partial charge in [0.1, 0.15) is 19.0 Å². The van der Waals surface area contributed by atoms with Crippen LogP contribution in [0.25, 0.3) is 10.8 Å². The third kappa shape index (κ3) is 3.41. The van der Waals surface area contributed by atoms with Gasteiger partial charge in [-0.2, -0.15) is 0 Å². The maximum absolute atomic E-state index is 12.1. The van der Waals surface area contributed by atoms with Gasteiger partial charge in [-0.3, -0.25) is 14.5 Å². The van der Waals surface area contributed by atoms with E-state index in [0.29, 0.717) is 5.56 Å². The van der Waals surface area contributed by atoms with Crippen molar-refractivity contribution in [1.29, 1.82) is 0 Å². The summed E-state index contributed by atoms with van der Waals surface area (Å²) in [5.41, 5.74) is 1.36. The summed E-state index contributed by atoms with van der Waals surface area (Å²) in [5, 5.41) is 2.10. The standard InChI is InChI=1S/C20H16N2O4S/c23-19(26-13-15-8-5-7-14-6-1-2-9-16(14)15)12-21-20-17-10-3-4-11-18(17)27(24,25)22-20/h1-11H,12-13H2,(H,21,22). The molecule has 27 heavy (non-hydrogen) atoms. The van der Waals surface area contributed by atoms with Crippen molar-refractivity contribution in [2.75, 3.05) is 6.54 Å². The first-order valence-corrected chi connectivity index (χ1v) is 9.82. The lowest BCUT2D eigenvalue weighted by molar-refractivity contribution is -0.143. The molecule has 3 aromatic carbocycles. The number of fused-ring (bicyclic) bond motifs is 2. The molecular formula is C20H16N2O4S. The number of carbonyl (C=O) groups is 1. The SMILES string of the molecule is O=C(CN=C1NS(=O)(=O)c2ccccc21)OCc1cccc2ccccc12. The van der Waals surface area contributed by atoms with E-state index in [9.17, 15) is 13.2 Å². The van der Waals surface area contributed by atoms with Gasteiger partial charge in [0.15, 0.2) is 0 Å². The highest BCUT2D eigenvalue weighted by Crippen LogP contribution is 2.22. The van der Waals surface area contributed by atoms with Gasteiger partial charge in [-0.25, -0.2) is 8.42 Å². The number of esters is 1. The van der Waals surface area contributed by atoms with Crippen molar-refractivity contribution in [1.82, 2.24) is 4.72 Å². The number of hydrogen-bond donors (Lipinski definition) is 1. The quantitative estimate of drug-likeness (QED) is 0.705. The first-order chi connectivity index (χ1) is 13.0. The van der Waals surface area contributed by atoms with Crippen LogP contribution in [-0.4, -0.2) is 26.8 Å². The molecule has 0 aromatic heterocycles. The number of benzene rings is 3. The summed E-state index contributed by atoms with van der Waals surface area (Å²) in [5.74, 6) is -0.369. The monoisotopic (exact) mass is 380 g/mol. The molecule has 1 heterocycles. The average Bonchev–Trinajstić information content (AvgIpc) is 2.95. The fraction of sp³-hybridized carbons (Fsp3) is 0.100. The van der Waals surface area contributed by atoms with Gasteiger partial charge in [-0.15, -0.1) is 0 Å². The predicted molar refractivity (Wildman–Crippen MR) is 102 cm³/mol. The van der Waals surface area contributed by atoms with Crippen LogP contribution in [0.1, 0.15) is 11.1 Å². The average molecular weight is 380 g/mol. The Morgan fingerprint density at radius 1 is 0.963 bits per heavy atom. The molecule has 3 aromatic rings. The number of nitrogens with zero attached hydrogens (tertiary/aromatic N) is 1. The summed E-state index contributed by atoms with van der Waals surface area (Å²) in [4.78, 5) is 16.3. The zero-order valence-corrected chi connectivity index (χ0v) is 15.1. The molecule has 7 heteroatoms. The van der Waals surface area contributed by atoms with E-state index < -0.39 is 16.0 Å². The highest BCUT2D eigenvalue weighted by atomic mass is 32.2. The molecule has 136 valence electrons. The van der Waals surface area contributed by atoms with Gasteiger partial charge in [0.05, 0.1) is 4.90 Å². The second-order valence-corrected chi connectivity index (χ2v) is 7.72. The number of rotatable bonds is 4. The Hall–Kier alpha value is -3.19. The number of aliphatic imine (C=N–C) groups is 1. The molecule has 0 saturated carbocycles. The second kappa shape index (κ2) is 6.85. The molecule has 0 spiro atoms. The highest BCUT2D eigenvalue weighted by Gasteiger charge is 2.30. The first-order valence-electron chi connectivity index (χ1n) is 8.33. The topological polar surface area (TPSA) is 84.8 Å². The van der Waals surface area contributed by atoms with Crippen LogP contribution < -0.4 is 4.72 Å². The molecule has 1 aliphatic rings. The van der Waals surface area contributed by atoms with E-state index in [2.05, 4.69) is 9.71 Å². The Labute approximate surface area is 156 Å². The van der Waals surface area contributed by atoms with Crippen molar-refractivity contribution in [3.8, 4) is 0 Å². The lowest BCUT2D eigenvalue weighted by Crippen LogP contribution is -2.23. The molecule has 0 saturated heterocycles. The summed E-state index contributed by atoms with van der Waals surface area (Å²) in [6, 6.07) is 20.2. The molecule has 0 radical (unpaired) electrons. The minimum atomic E-state index is -3.62. The summed E-state index contributed by atoms with van der Waals surface area (Å²) < 4.78 is 31.7. The Morgan fingerprint density at radius 2 is 1.70 bits per heavy atom. The molecule has 0 unspecified atom stereocenters. The predicted octanol–water partition coefficient (Wildman–Crippen LogP) is 2.62. The normalized spacial score (nSPS) is 16.1. The summed E-state index contributed by atoms with van der Waals surface area (Å²) in [6.45, 7) is -0.135. The van der Waals surface area contributed by atoms with Crippen LogP contribution in [0.15, 0.2) is 76.6 Å². The van der Waals surface area contributed by atoms with Crippen LogP contribution in [0, 0.1) is 0 Å². The van der Waals surface area contributed by atoms with Crippen molar-refractivity contribution in [2.24, 2.45) is 4.99 Å². The lowest BCUT2D eigenvalue weighted by Gasteiger charge is -2.07. The first kappa shape index (κ1) is 17.2. The van der Waals surface area contributed by atoms with E-state index in [1.165, 1.54) is 6.07 Å². The number of ether oxygens (including phenoxy) is 1. The van der Waals surface area contributed by atoms with E-state index in [4.69, 9.17) is 4.74 Å². The summed E-state index contributed by atoms with van der Waals surface area (Å²) >= 11 is 0. The largest absolute Gasteiger partial charge is 0.459 e. The number of hydrogen-bond acceptors (Lipinski definition) is 5. The fourth-order valence-electron chi connectivity index (χ4n) is 3.02. The lowest BCUT2D eigenvalue weighted by atomic mass is 10.1. The van der Waals surface area contributed by atoms with Crippen molar-refractivity contribution >= 4 is 32.6 Å². The van der Waals surface area contributed by atoms with Gasteiger partial charge in [0.2, 0.25) is 0 Å². The zero-order chi connectivity index (χ0) is 18.9. The molecule has 6 nitrogen and oxygen atoms in total. The van der Waals surface area contributed by atoms with E-state index in [0.717, 1.165) is 16.3 Å². The third-order valence-electron chi connectivity index (χ3n) is 4.30. The molecule has 0 amide bonds. The van der Waals surface area contributed by atoms with E-state index in [-0.39, 0.29) is 23.9 Å². The molecule has 0 atom stereocenters. The zero-order valence-electron chi connectivity index (χ0n) is 14.3. The van der Waals surface area contributed by atoms with Crippen molar-refractivity contribution in [3.05, 3.63) is 77.9 Å². The van der Waals surface area contributed by atoms with Gasteiger partial charge in [-0.05, 0) is 28.5 Å². The van der Waals surface area contributed by atoms with E-state index >= 15 is 0 Å². The maximum atomic E-state index is 12.1. The van der Waals surface area contributed by atoms with Gasteiger partial charge in [-0.1, -0.05) is 54.6 Å². The molecule has 0 bridgehead atoms.